The van der Waals surface area contributed by atoms with Crippen molar-refractivity contribution < 1.29 is 19.2 Å². The quantitative estimate of drug-likeness (QED) is 0.465. The molecule has 0 bridgehead atoms. The molecule has 2 heterocycles. The summed E-state index contributed by atoms with van der Waals surface area (Å²) in [4.78, 5) is 50.4. The fourth-order valence-corrected chi connectivity index (χ4v) is 3.25. The van der Waals surface area contributed by atoms with Crippen LogP contribution < -0.4 is 0 Å². The molecule has 0 radical (unpaired) electrons. The van der Waals surface area contributed by atoms with Gasteiger partial charge in [0.2, 0.25) is 0 Å². The highest BCUT2D eigenvalue weighted by molar-refractivity contribution is 7.18. The Hall–Kier alpha value is -2.51. The van der Waals surface area contributed by atoms with Crippen LogP contribution in [0.15, 0.2) is 42.5 Å². The molecule has 1 aliphatic rings. The van der Waals surface area contributed by atoms with E-state index in [1.54, 1.807) is 36.4 Å². The molecule has 3 rings (SSSR count). The van der Waals surface area contributed by atoms with Gasteiger partial charge in [0.15, 0.2) is 5.78 Å². The lowest BCUT2D eigenvalue weighted by Gasteiger charge is -2.14. The number of nitrogens with zero attached hydrogens (tertiary/aromatic N) is 2. The summed E-state index contributed by atoms with van der Waals surface area (Å²) >= 11 is 6.83. The molecule has 2 aromatic rings. The molecule has 0 unspecified atom stereocenters. The van der Waals surface area contributed by atoms with Crippen molar-refractivity contribution in [1.82, 2.24) is 9.80 Å². The number of carbonyl (C=O) groups excluding carboxylic acids is 4. The Labute approximate surface area is 146 Å². The summed E-state index contributed by atoms with van der Waals surface area (Å²) in [6.07, 6.45) is 0. The Morgan fingerprint density at radius 1 is 0.958 bits per heavy atom. The van der Waals surface area contributed by atoms with Gasteiger partial charge in [-0.2, -0.15) is 0 Å². The maximum Gasteiger partial charge on any atom is 0.334 e. The van der Waals surface area contributed by atoms with Crippen LogP contribution in [0.1, 0.15) is 15.2 Å². The summed E-state index contributed by atoms with van der Waals surface area (Å²) in [7, 11) is 0. The van der Waals surface area contributed by atoms with E-state index in [-0.39, 0.29) is 6.54 Å². The number of carbonyl (C=O) groups is 4. The van der Waals surface area contributed by atoms with E-state index in [1.807, 2.05) is 0 Å². The first-order valence-electron chi connectivity index (χ1n) is 6.97. The lowest BCUT2D eigenvalue weighted by atomic mass is 10.2. The fraction of sp³-hybridized carbons (Fsp3) is 0.125. The molecular weight excluding hydrogens is 352 g/mol. The van der Waals surface area contributed by atoms with Crippen LogP contribution in [-0.4, -0.2) is 40.0 Å². The molecule has 24 heavy (non-hydrogen) atoms. The predicted molar refractivity (Wildman–Crippen MR) is 87.8 cm³/mol. The number of halogens is 1. The molecule has 8 heteroatoms. The molecule has 0 saturated carbocycles. The number of benzene rings is 1. The van der Waals surface area contributed by atoms with Crippen LogP contribution in [0, 0.1) is 0 Å². The van der Waals surface area contributed by atoms with Gasteiger partial charge in [-0.05, 0) is 17.7 Å². The van der Waals surface area contributed by atoms with Gasteiger partial charge in [-0.3, -0.25) is 19.3 Å². The van der Waals surface area contributed by atoms with Gasteiger partial charge in [0, 0.05) is 0 Å². The normalized spacial score (nSPS) is 14.6. The van der Waals surface area contributed by atoms with Crippen molar-refractivity contribution in [2.24, 2.45) is 0 Å². The first-order chi connectivity index (χ1) is 11.5. The second-order valence-electron chi connectivity index (χ2n) is 5.08. The predicted octanol–water partition coefficient (Wildman–Crippen LogP) is 2.58. The third kappa shape index (κ3) is 3.08. The van der Waals surface area contributed by atoms with Crippen LogP contribution in [0.2, 0.25) is 4.34 Å². The summed E-state index contributed by atoms with van der Waals surface area (Å²) in [6.45, 7) is -0.495. The van der Waals surface area contributed by atoms with Crippen LogP contribution in [0.4, 0.5) is 4.79 Å². The Balaban J connectivity index is 1.75. The number of hydrogen-bond donors (Lipinski definition) is 0. The van der Waals surface area contributed by atoms with E-state index in [1.165, 1.54) is 6.07 Å². The van der Waals surface area contributed by atoms with Crippen LogP contribution in [-0.2, 0) is 16.1 Å². The minimum absolute atomic E-state index is 0.0141. The molecule has 4 amide bonds. The van der Waals surface area contributed by atoms with E-state index in [0.717, 1.165) is 16.2 Å². The summed E-state index contributed by atoms with van der Waals surface area (Å²) < 4.78 is 0.430. The lowest BCUT2D eigenvalue weighted by Crippen LogP contribution is -2.36. The average molecular weight is 363 g/mol. The highest BCUT2D eigenvalue weighted by Gasteiger charge is 2.45. The van der Waals surface area contributed by atoms with Gasteiger partial charge < -0.3 is 0 Å². The van der Waals surface area contributed by atoms with Crippen molar-refractivity contribution in [3.8, 4) is 0 Å². The topological polar surface area (TPSA) is 74.8 Å². The van der Waals surface area contributed by atoms with Crippen molar-refractivity contribution in [3.63, 3.8) is 0 Å². The van der Waals surface area contributed by atoms with Gasteiger partial charge in [0.05, 0.1) is 22.3 Å². The molecule has 1 aromatic heterocycles. The van der Waals surface area contributed by atoms with Gasteiger partial charge in [0.25, 0.3) is 0 Å². The molecule has 1 aliphatic heterocycles. The highest BCUT2D eigenvalue weighted by atomic mass is 35.5. The highest BCUT2D eigenvalue weighted by Crippen LogP contribution is 2.23. The van der Waals surface area contributed by atoms with Crippen LogP contribution in [0.25, 0.3) is 0 Å². The minimum atomic E-state index is -0.994. The van der Waals surface area contributed by atoms with Gasteiger partial charge in [-0.15, -0.1) is 11.3 Å². The number of rotatable bonds is 5. The minimum Gasteiger partial charge on any atom is -0.291 e. The number of urea groups is 1. The zero-order chi connectivity index (χ0) is 17.3. The van der Waals surface area contributed by atoms with E-state index >= 15 is 0 Å². The van der Waals surface area contributed by atoms with Crippen molar-refractivity contribution >= 4 is 46.6 Å². The number of imide groups is 2. The smallest absolute Gasteiger partial charge is 0.291 e. The van der Waals surface area contributed by atoms with E-state index in [9.17, 15) is 19.2 Å². The van der Waals surface area contributed by atoms with Gasteiger partial charge >= 0.3 is 17.8 Å². The van der Waals surface area contributed by atoms with E-state index < -0.39 is 30.2 Å². The molecule has 0 N–H and O–H groups in total. The van der Waals surface area contributed by atoms with Crippen molar-refractivity contribution in [2.75, 3.05) is 6.54 Å². The molecule has 122 valence electrons. The zero-order valence-corrected chi connectivity index (χ0v) is 13.8. The van der Waals surface area contributed by atoms with Crippen LogP contribution in [0.5, 0.6) is 0 Å². The number of hydrogen-bond acceptors (Lipinski definition) is 5. The van der Waals surface area contributed by atoms with Crippen LogP contribution >= 0.6 is 22.9 Å². The van der Waals surface area contributed by atoms with E-state index in [2.05, 4.69) is 0 Å². The summed E-state index contributed by atoms with van der Waals surface area (Å²) in [5.74, 6) is -2.37. The summed E-state index contributed by atoms with van der Waals surface area (Å²) in [5, 5.41) is 0. The van der Waals surface area contributed by atoms with Gasteiger partial charge in [-0.1, -0.05) is 41.9 Å². The largest absolute Gasteiger partial charge is 0.334 e. The molecule has 0 spiro atoms. The average Bonchev–Trinajstić information content (AvgIpc) is 3.09. The van der Waals surface area contributed by atoms with E-state index in [0.29, 0.717) is 19.7 Å². The van der Waals surface area contributed by atoms with Crippen molar-refractivity contribution in [1.29, 1.82) is 0 Å². The molecular formula is C16H11ClN2O4S. The lowest BCUT2D eigenvalue weighted by molar-refractivity contribution is -0.143. The molecule has 6 nitrogen and oxygen atoms in total. The fourth-order valence-electron chi connectivity index (χ4n) is 2.28. The number of ketones is 1. The zero-order valence-electron chi connectivity index (χ0n) is 12.3. The summed E-state index contributed by atoms with van der Waals surface area (Å²) in [5.41, 5.74) is 0.713. The second kappa shape index (κ2) is 6.54. The molecule has 1 fully saturated rings. The summed E-state index contributed by atoms with van der Waals surface area (Å²) in [6, 6.07) is 11.1. The van der Waals surface area contributed by atoms with Crippen molar-refractivity contribution in [3.05, 3.63) is 57.2 Å². The third-order valence-electron chi connectivity index (χ3n) is 3.47. The maximum atomic E-state index is 12.3. The molecule has 1 aromatic carbocycles. The first-order valence-corrected chi connectivity index (χ1v) is 8.16. The Bertz CT molecular complexity index is 834. The van der Waals surface area contributed by atoms with Gasteiger partial charge in [-0.25, -0.2) is 9.69 Å². The monoisotopic (exact) mass is 362 g/mol. The Morgan fingerprint density at radius 2 is 1.62 bits per heavy atom. The number of Topliss-reactive ketones (excluding diaryl/α,β-unsaturated/α-hetero) is 1. The number of thiophene rings is 1. The number of amides is 4. The van der Waals surface area contributed by atoms with E-state index in [4.69, 9.17) is 11.6 Å². The molecule has 0 atom stereocenters. The molecule has 0 aliphatic carbocycles. The Morgan fingerprint density at radius 3 is 2.25 bits per heavy atom. The second-order valence-corrected chi connectivity index (χ2v) is 6.79. The Kier molecular flexibility index (Phi) is 4.46. The van der Waals surface area contributed by atoms with Gasteiger partial charge in [0.1, 0.15) is 0 Å². The SMILES string of the molecule is O=C(CN1C(=O)C(=O)N(Cc2ccccc2)C1=O)c1ccc(Cl)s1. The molecule has 1 saturated heterocycles. The first kappa shape index (κ1) is 16.4. The maximum absolute atomic E-state index is 12.3. The van der Waals surface area contributed by atoms with Crippen molar-refractivity contribution in [2.45, 2.75) is 6.54 Å². The van der Waals surface area contributed by atoms with Crippen LogP contribution in [0.3, 0.4) is 0 Å². The third-order valence-corrected chi connectivity index (χ3v) is 4.74. The standard InChI is InChI=1S/C16H11ClN2O4S/c17-13-7-6-12(24-13)11(20)9-19-15(22)14(21)18(16(19)23)8-10-4-2-1-3-5-10/h1-7H,8-9H2.